The second-order valence-electron chi connectivity index (χ2n) is 5.07. The zero-order valence-corrected chi connectivity index (χ0v) is 12.5. The van der Waals surface area contributed by atoms with Gasteiger partial charge in [0.1, 0.15) is 0 Å². The van der Waals surface area contributed by atoms with E-state index in [2.05, 4.69) is 51.3 Å². The predicted molar refractivity (Wildman–Crippen MR) is 79.5 cm³/mol. The lowest BCUT2D eigenvalue weighted by atomic mass is 10.0. The second-order valence-corrected chi connectivity index (χ2v) is 6.01. The van der Waals surface area contributed by atoms with Gasteiger partial charge < -0.3 is 0 Å². The summed E-state index contributed by atoms with van der Waals surface area (Å²) in [4.78, 5) is 4.75. The number of aryl methyl sites for hydroxylation is 2. The third kappa shape index (κ3) is 2.99. The molecule has 0 bridgehead atoms. The highest BCUT2D eigenvalue weighted by atomic mass is 32.1. The van der Waals surface area contributed by atoms with Crippen molar-refractivity contribution in [2.45, 2.75) is 46.5 Å². The number of hydrogen-bond acceptors (Lipinski definition) is 2. The van der Waals surface area contributed by atoms with Crippen LogP contribution in [0, 0.1) is 13.8 Å². The molecule has 1 nitrogen and oxygen atoms in total. The van der Waals surface area contributed by atoms with Crippen molar-refractivity contribution in [1.82, 2.24) is 4.98 Å². The average molecular weight is 259 g/mol. The molecule has 0 N–H and O–H groups in total. The van der Waals surface area contributed by atoms with Gasteiger partial charge in [0.2, 0.25) is 0 Å². The molecule has 0 amide bonds. The summed E-state index contributed by atoms with van der Waals surface area (Å²) in [7, 11) is 0. The van der Waals surface area contributed by atoms with E-state index in [0.717, 1.165) is 12.8 Å². The van der Waals surface area contributed by atoms with Crippen LogP contribution >= 0.6 is 11.3 Å². The molecule has 1 atom stereocenters. The van der Waals surface area contributed by atoms with Gasteiger partial charge in [0, 0.05) is 11.8 Å². The Balaban J connectivity index is 2.13. The fourth-order valence-corrected chi connectivity index (χ4v) is 2.88. The smallest absolute Gasteiger partial charge is 0.0972 e. The molecule has 0 aliphatic rings. The minimum atomic E-state index is 0.578. The molecule has 1 aromatic heterocycles. The number of hydrogen-bond donors (Lipinski definition) is 0. The molecule has 0 radical (unpaired) electrons. The Morgan fingerprint density at radius 1 is 1.22 bits per heavy atom. The van der Waals surface area contributed by atoms with Crippen molar-refractivity contribution in [2.24, 2.45) is 0 Å². The van der Waals surface area contributed by atoms with E-state index in [9.17, 15) is 0 Å². The van der Waals surface area contributed by atoms with Crippen LogP contribution in [0.15, 0.2) is 23.6 Å². The van der Waals surface area contributed by atoms with Gasteiger partial charge in [0.05, 0.1) is 10.7 Å². The Hall–Kier alpha value is -1.15. The van der Waals surface area contributed by atoms with Crippen LogP contribution in [0.5, 0.6) is 0 Å². The van der Waals surface area contributed by atoms with Gasteiger partial charge in [0.15, 0.2) is 0 Å². The van der Waals surface area contributed by atoms with Gasteiger partial charge in [-0.05, 0) is 42.9 Å². The van der Waals surface area contributed by atoms with Crippen LogP contribution in [0.4, 0.5) is 0 Å². The molecule has 0 saturated heterocycles. The van der Waals surface area contributed by atoms with E-state index < -0.39 is 0 Å². The van der Waals surface area contributed by atoms with Crippen LogP contribution in [0.2, 0.25) is 0 Å². The highest BCUT2D eigenvalue weighted by molar-refractivity contribution is 7.09. The van der Waals surface area contributed by atoms with E-state index in [1.54, 1.807) is 11.3 Å². The van der Waals surface area contributed by atoms with Crippen molar-refractivity contribution in [3.63, 3.8) is 0 Å². The molecule has 0 aliphatic heterocycles. The molecule has 1 aromatic carbocycles. The summed E-state index contributed by atoms with van der Waals surface area (Å²) in [5.74, 6) is 0.578. The Labute approximate surface area is 114 Å². The fourth-order valence-electron chi connectivity index (χ4n) is 1.93. The van der Waals surface area contributed by atoms with Crippen LogP contribution in [-0.2, 0) is 6.42 Å². The normalized spacial score (nSPS) is 12.7. The fraction of sp³-hybridized carbons (Fsp3) is 0.438. The van der Waals surface area contributed by atoms with Crippen LogP contribution < -0.4 is 0 Å². The molecule has 96 valence electrons. The maximum absolute atomic E-state index is 4.75. The van der Waals surface area contributed by atoms with Gasteiger partial charge in [-0.2, -0.15) is 0 Å². The van der Waals surface area contributed by atoms with Gasteiger partial charge in [-0.3, -0.25) is 0 Å². The van der Waals surface area contributed by atoms with Gasteiger partial charge in [-0.15, -0.1) is 11.3 Å². The molecule has 2 heteroatoms. The summed E-state index contributed by atoms with van der Waals surface area (Å²) in [5.41, 5.74) is 5.34. The average Bonchev–Trinajstić information content (AvgIpc) is 2.81. The van der Waals surface area contributed by atoms with Gasteiger partial charge in [-0.1, -0.05) is 32.0 Å². The topological polar surface area (TPSA) is 12.9 Å². The predicted octanol–water partition coefficient (Wildman–Crippen LogP) is 4.86. The lowest BCUT2D eigenvalue weighted by Crippen LogP contribution is -1.94. The van der Waals surface area contributed by atoms with Gasteiger partial charge in [0.25, 0.3) is 0 Å². The van der Waals surface area contributed by atoms with E-state index in [4.69, 9.17) is 4.98 Å². The van der Waals surface area contributed by atoms with Crippen molar-refractivity contribution in [1.29, 1.82) is 0 Å². The molecule has 0 fully saturated rings. The highest BCUT2D eigenvalue weighted by Crippen LogP contribution is 2.23. The van der Waals surface area contributed by atoms with Crippen molar-refractivity contribution in [2.75, 3.05) is 0 Å². The van der Waals surface area contributed by atoms with Crippen LogP contribution in [0.3, 0.4) is 0 Å². The molecule has 2 aromatic rings. The Morgan fingerprint density at radius 3 is 2.67 bits per heavy atom. The maximum atomic E-state index is 4.75. The summed E-state index contributed by atoms with van der Waals surface area (Å²) in [6, 6.07) is 6.69. The minimum absolute atomic E-state index is 0.578. The Bertz CT molecular complexity index is 528. The SMILES string of the molecule is CCC(C)c1csc(Cc2ccc(C)c(C)c2)n1. The van der Waals surface area contributed by atoms with Crippen molar-refractivity contribution in [3.05, 3.63) is 51.0 Å². The first kappa shape index (κ1) is 13.3. The van der Waals surface area contributed by atoms with Crippen LogP contribution in [0.25, 0.3) is 0 Å². The maximum Gasteiger partial charge on any atom is 0.0972 e. The summed E-state index contributed by atoms with van der Waals surface area (Å²) in [5, 5.41) is 3.44. The van der Waals surface area contributed by atoms with Gasteiger partial charge >= 0.3 is 0 Å². The molecule has 0 saturated carbocycles. The van der Waals surface area contributed by atoms with Crippen molar-refractivity contribution in [3.8, 4) is 0 Å². The zero-order valence-electron chi connectivity index (χ0n) is 11.7. The zero-order chi connectivity index (χ0) is 13.1. The van der Waals surface area contributed by atoms with E-state index in [1.165, 1.54) is 27.4 Å². The first-order valence-electron chi connectivity index (χ1n) is 6.60. The summed E-state index contributed by atoms with van der Waals surface area (Å²) in [6.07, 6.45) is 2.12. The minimum Gasteiger partial charge on any atom is -0.246 e. The number of nitrogens with zero attached hydrogens (tertiary/aromatic N) is 1. The lowest BCUT2D eigenvalue weighted by molar-refractivity contribution is 0.710. The molecule has 1 unspecified atom stereocenters. The van der Waals surface area contributed by atoms with E-state index in [0.29, 0.717) is 5.92 Å². The molecule has 2 rings (SSSR count). The van der Waals surface area contributed by atoms with Gasteiger partial charge in [-0.25, -0.2) is 4.98 Å². The molecule has 18 heavy (non-hydrogen) atoms. The number of benzene rings is 1. The third-order valence-electron chi connectivity index (χ3n) is 3.61. The monoisotopic (exact) mass is 259 g/mol. The highest BCUT2D eigenvalue weighted by Gasteiger charge is 2.08. The van der Waals surface area contributed by atoms with Crippen LogP contribution in [0.1, 0.15) is 53.6 Å². The summed E-state index contributed by atoms with van der Waals surface area (Å²) in [6.45, 7) is 8.79. The standard InChI is InChI=1S/C16H21NS/c1-5-11(2)15-10-18-16(17-15)9-14-7-6-12(3)13(4)8-14/h6-8,10-11H,5,9H2,1-4H3. The first-order chi connectivity index (χ1) is 8.60. The molecule has 0 aliphatic carbocycles. The first-order valence-corrected chi connectivity index (χ1v) is 7.48. The molecule has 1 heterocycles. The van der Waals surface area contributed by atoms with E-state index >= 15 is 0 Å². The van der Waals surface area contributed by atoms with E-state index in [1.807, 2.05) is 0 Å². The number of rotatable bonds is 4. The van der Waals surface area contributed by atoms with Crippen LogP contribution in [-0.4, -0.2) is 4.98 Å². The number of aromatic nitrogens is 1. The van der Waals surface area contributed by atoms with E-state index in [-0.39, 0.29) is 0 Å². The largest absolute Gasteiger partial charge is 0.246 e. The second kappa shape index (κ2) is 5.66. The quantitative estimate of drug-likeness (QED) is 0.763. The summed E-state index contributed by atoms with van der Waals surface area (Å²) < 4.78 is 0. The van der Waals surface area contributed by atoms with Crippen molar-refractivity contribution < 1.29 is 0 Å². The summed E-state index contributed by atoms with van der Waals surface area (Å²) >= 11 is 1.79. The Morgan fingerprint density at radius 2 is 2.00 bits per heavy atom. The molecular formula is C16H21NS. The Kier molecular flexibility index (Phi) is 4.18. The number of thiazole rings is 1. The van der Waals surface area contributed by atoms with Crippen molar-refractivity contribution >= 4 is 11.3 Å². The lowest BCUT2D eigenvalue weighted by Gasteiger charge is -2.04. The third-order valence-corrected chi connectivity index (χ3v) is 4.48. The molecule has 0 spiro atoms. The molecular weight excluding hydrogens is 238 g/mol.